The van der Waals surface area contributed by atoms with Crippen molar-refractivity contribution >= 4 is 22.8 Å². The fourth-order valence-electron chi connectivity index (χ4n) is 1.79. The van der Waals surface area contributed by atoms with E-state index in [0.29, 0.717) is 5.39 Å². The van der Waals surface area contributed by atoms with Gasteiger partial charge in [-0.3, -0.25) is 9.89 Å². The molecule has 1 aromatic carbocycles. The summed E-state index contributed by atoms with van der Waals surface area (Å²) in [5, 5.41) is 10.1. The second kappa shape index (κ2) is 4.72. The number of fused-ring (bicyclic) bond motifs is 1. The highest BCUT2D eigenvalue weighted by Gasteiger charge is 2.31. The zero-order chi connectivity index (χ0) is 14.0. The smallest absolute Gasteiger partial charge is 0.330 e. The van der Waals surface area contributed by atoms with E-state index in [-0.39, 0.29) is 5.69 Å². The SMILES string of the molecule is COC(=O)C(C)(C)NC(=O)c1n[nH]c2ccccc12. The van der Waals surface area contributed by atoms with E-state index >= 15 is 0 Å². The predicted octanol–water partition coefficient (Wildman–Crippen LogP) is 1.24. The molecule has 0 fully saturated rings. The Morgan fingerprint density at radius 2 is 2.00 bits per heavy atom. The topological polar surface area (TPSA) is 84.1 Å². The van der Waals surface area contributed by atoms with Crippen molar-refractivity contribution in [3.8, 4) is 0 Å². The van der Waals surface area contributed by atoms with Crippen LogP contribution in [-0.2, 0) is 9.53 Å². The van der Waals surface area contributed by atoms with Crippen LogP contribution in [-0.4, -0.2) is 34.7 Å². The van der Waals surface area contributed by atoms with Crippen LogP contribution >= 0.6 is 0 Å². The van der Waals surface area contributed by atoms with E-state index in [4.69, 9.17) is 0 Å². The first-order valence-corrected chi connectivity index (χ1v) is 5.80. The Balaban J connectivity index is 2.28. The van der Waals surface area contributed by atoms with Crippen LogP contribution in [0.2, 0.25) is 0 Å². The fraction of sp³-hybridized carbons (Fsp3) is 0.308. The molecule has 0 atom stereocenters. The van der Waals surface area contributed by atoms with Crippen LogP contribution in [0.4, 0.5) is 0 Å². The molecule has 1 amide bonds. The number of hydrogen-bond donors (Lipinski definition) is 2. The number of ether oxygens (including phenoxy) is 1. The summed E-state index contributed by atoms with van der Waals surface area (Å²) in [6, 6.07) is 7.28. The van der Waals surface area contributed by atoms with Gasteiger partial charge in [-0.15, -0.1) is 0 Å². The van der Waals surface area contributed by atoms with E-state index in [1.165, 1.54) is 7.11 Å². The maximum atomic E-state index is 12.2. The minimum atomic E-state index is -1.11. The van der Waals surface area contributed by atoms with E-state index in [0.717, 1.165) is 5.52 Å². The summed E-state index contributed by atoms with van der Waals surface area (Å²) in [4.78, 5) is 23.7. The third-order valence-corrected chi connectivity index (χ3v) is 2.81. The number of rotatable bonds is 3. The van der Waals surface area contributed by atoms with Crippen molar-refractivity contribution in [1.82, 2.24) is 15.5 Å². The number of nitrogens with one attached hydrogen (secondary N) is 2. The molecule has 0 aliphatic carbocycles. The molecule has 100 valence electrons. The number of amides is 1. The average Bonchev–Trinajstić information content (AvgIpc) is 2.81. The molecule has 2 N–H and O–H groups in total. The van der Waals surface area contributed by atoms with E-state index < -0.39 is 17.4 Å². The van der Waals surface area contributed by atoms with Gasteiger partial charge < -0.3 is 10.1 Å². The quantitative estimate of drug-likeness (QED) is 0.814. The summed E-state index contributed by atoms with van der Waals surface area (Å²) in [6.45, 7) is 3.15. The van der Waals surface area contributed by atoms with Crippen molar-refractivity contribution in [2.75, 3.05) is 7.11 Å². The van der Waals surface area contributed by atoms with Crippen molar-refractivity contribution < 1.29 is 14.3 Å². The van der Waals surface area contributed by atoms with Gasteiger partial charge in [-0.2, -0.15) is 5.10 Å². The first-order chi connectivity index (χ1) is 8.95. The second-order valence-corrected chi connectivity index (χ2v) is 4.69. The monoisotopic (exact) mass is 261 g/mol. The van der Waals surface area contributed by atoms with Gasteiger partial charge in [0.15, 0.2) is 5.69 Å². The normalized spacial score (nSPS) is 11.3. The minimum absolute atomic E-state index is 0.257. The van der Waals surface area contributed by atoms with Crippen molar-refractivity contribution in [3.05, 3.63) is 30.0 Å². The molecule has 0 saturated heterocycles. The van der Waals surface area contributed by atoms with Gasteiger partial charge in [-0.1, -0.05) is 18.2 Å². The summed E-state index contributed by atoms with van der Waals surface area (Å²) in [5.74, 6) is -0.937. The Labute approximate surface area is 110 Å². The molecule has 6 nitrogen and oxygen atoms in total. The molecular formula is C13H15N3O3. The molecule has 0 unspecified atom stereocenters. The third-order valence-electron chi connectivity index (χ3n) is 2.81. The van der Waals surface area contributed by atoms with Gasteiger partial charge in [0.05, 0.1) is 12.6 Å². The van der Waals surface area contributed by atoms with Crippen molar-refractivity contribution in [3.63, 3.8) is 0 Å². The van der Waals surface area contributed by atoms with Gasteiger partial charge in [-0.05, 0) is 19.9 Å². The number of para-hydroxylation sites is 1. The summed E-state index contributed by atoms with van der Waals surface area (Å²) in [5.41, 5.74) is -0.0811. The number of benzene rings is 1. The molecule has 1 aromatic heterocycles. The number of methoxy groups -OCH3 is 1. The molecular weight excluding hydrogens is 246 g/mol. The number of aromatic nitrogens is 2. The molecule has 0 saturated carbocycles. The number of carbonyl (C=O) groups is 2. The Morgan fingerprint density at radius 1 is 1.32 bits per heavy atom. The molecule has 2 aromatic rings. The maximum absolute atomic E-state index is 12.2. The number of carbonyl (C=O) groups excluding carboxylic acids is 2. The Kier molecular flexibility index (Phi) is 3.25. The lowest BCUT2D eigenvalue weighted by atomic mass is 10.1. The summed E-state index contributed by atoms with van der Waals surface area (Å²) >= 11 is 0. The molecule has 0 aliphatic heterocycles. The molecule has 1 heterocycles. The van der Waals surface area contributed by atoms with Crippen LogP contribution in [0.5, 0.6) is 0 Å². The first-order valence-electron chi connectivity index (χ1n) is 5.80. The summed E-state index contributed by atoms with van der Waals surface area (Å²) in [6.07, 6.45) is 0. The number of nitrogens with zero attached hydrogens (tertiary/aromatic N) is 1. The second-order valence-electron chi connectivity index (χ2n) is 4.69. The molecule has 0 spiro atoms. The highest BCUT2D eigenvalue weighted by molar-refractivity contribution is 6.06. The van der Waals surface area contributed by atoms with E-state index in [9.17, 15) is 9.59 Å². The van der Waals surface area contributed by atoms with E-state index in [1.807, 2.05) is 18.2 Å². The van der Waals surface area contributed by atoms with Gasteiger partial charge >= 0.3 is 5.97 Å². The molecule has 19 heavy (non-hydrogen) atoms. The zero-order valence-electron chi connectivity index (χ0n) is 11.0. The van der Waals surface area contributed by atoms with Gasteiger partial charge in [-0.25, -0.2) is 4.79 Å². The highest BCUT2D eigenvalue weighted by atomic mass is 16.5. The van der Waals surface area contributed by atoms with Crippen molar-refractivity contribution in [1.29, 1.82) is 0 Å². The van der Waals surface area contributed by atoms with Crippen LogP contribution in [0.15, 0.2) is 24.3 Å². The number of esters is 1. The van der Waals surface area contributed by atoms with Crippen LogP contribution < -0.4 is 5.32 Å². The first kappa shape index (κ1) is 13.1. The Bertz CT molecular complexity index is 631. The van der Waals surface area contributed by atoms with Gasteiger partial charge in [0.2, 0.25) is 0 Å². The number of H-pyrrole nitrogens is 1. The summed E-state index contributed by atoms with van der Waals surface area (Å²) in [7, 11) is 1.28. The molecule has 0 aliphatic rings. The fourth-order valence-corrected chi connectivity index (χ4v) is 1.79. The Morgan fingerprint density at radius 3 is 2.68 bits per heavy atom. The lowest BCUT2D eigenvalue weighted by Crippen LogP contribution is -2.50. The standard InChI is InChI=1S/C13H15N3O3/c1-13(2,12(18)19-3)14-11(17)10-8-6-4-5-7-9(8)15-16-10/h4-7H,1-3H3,(H,14,17)(H,15,16). The molecule has 6 heteroatoms. The minimum Gasteiger partial charge on any atom is -0.467 e. The number of hydrogen-bond acceptors (Lipinski definition) is 4. The summed E-state index contributed by atoms with van der Waals surface area (Å²) < 4.78 is 4.64. The highest BCUT2D eigenvalue weighted by Crippen LogP contribution is 2.16. The van der Waals surface area contributed by atoms with Crippen LogP contribution in [0.25, 0.3) is 10.9 Å². The number of aromatic amines is 1. The van der Waals surface area contributed by atoms with Crippen LogP contribution in [0.1, 0.15) is 24.3 Å². The molecule has 0 bridgehead atoms. The van der Waals surface area contributed by atoms with Gasteiger partial charge in [0.1, 0.15) is 5.54 Å². The van der Waals surface area contributed by atoms with Crippen molar-refractivity contribution in [2.45, 2.75) is 19.4 Å². The predicted molar refractivity (Wildman–Crippen MR) is 69.7 cm³/mol. The average molecular weight is 261 g/mol. The van der Waals surface area contributed by atoms with Gasteiger partial charge in [0, 0.05) is 5.39 Å². The lowest BCUT2D eigenvalue weighted by molar-refractivity contribution is -0.146. The maximum Gasteiger partial charge on any atom is 0.330 e. The van der Waals surface area contributed by atoms with E-state index in [2.05, 4.69) is 20.3 Å². The van der Waals surface area contributed by atoms with E-state index in [1.54, 1.807) is 19.9 Å². The third kappa shape index (κ3) is 2.42. The Hall–Kier alpha value is -2.37. The molecule has 2 rings (SSSR count). The van der Waals surface area contributed by atoms with Crippen molar-refractivity contribution in [2.24, 2.45) is 0 Å². The van der Waals surface area contributed by atoms with Gasteiger partial charge in [0.25, 0.3) is 5.91 Å². The lowest BCUT2D eigenvalue weighted by Gasteiger charge is -2.22. The largest absolute Gasteiger partial charge is 0.467 e. The van der Waals surface area contributed by atoms with Crippen LogP contribution in [0, 0.1) is 0 Å². The van der Waals surface area contributed by atoms with Crippen LogP contribution in [0.3, 0.4) is 0 Å². The zero-order valence-corrected chi connectivity index (χ0v) is 11.0. The molecule has 0 radical (unpaired) electrons.